The minimum absolute atomic E-state index is 0.104. The lowest BCUT2D eigenvalue weighted by Crippen LogP contribution is -2.42. The van der Waals surface area contributed by atoms with Gasteiger partial charge in [0.1, 0.15) is 12.4 Å². The Labute approximate surface area is 193 Å². The van der Waals surface area contributed by atoms with Crippen LogP contribution < -0.4 is 10.1 Å². The number of H-pyrrole nitrogens is 1. The summed E-state index contributed by atoms with van der Waals surface area (Å²) >= 11 is 0. The van der Waals surface area contributed by atoms with Crippen molar-refractivity contribution in [3.05, 3.63) is 108 Å². The van der Waals surface area contributed by atoms with Crippen LogP contribution in [0.3, 0.4) is 0 Å². The quantitative estimate of drug-likeness (QED) is 0.426. The second-order valence-electron chi connectivity index (χ2n) is 8.10. The zero-order chi connectivity index (χ0) is 22.5. The maximum atomic E-state index is 6.03. The van der Waals surface area contributed by atoms with E-state index in [0.29, 0.717) is 6.61 Å². The van der Waals surface area contributed by atoms with E-state index in [-0.39, 0.29) is 6.29 Å². The van der Waals surface area contributed by atoms with Gasteiger partial charge in [-0.2, -0.15) is 0 Å². The summed E-state index contributed by atoms with van der Waals surface area (Å²) in [5, 5.41) is 4.76. The molecule has 0 aliphatic carbocycles. The number of ether oxygens (including phenoxy) is 1. The van der Waals surface area contributed by atoms with Crippen molar-refractivity contribution in [2.75, 3.05) is 13.6 Å². The van der Waals surface area contributed by atoms with Gasteiger partial charge in [-0.1, -0.05) is 30.3 Å². The first-order valence-electron chi connectivity index (χ1n) is 11.1. The molecule has 5 rings (SSSR count). The van der Waals surface area contributed by atoms with E-state index < -0.39 is 0 Å². The molecular weight excluding hydrogens is 410 g/mol. The highest BCUT2D eigenvalue weighted by Gasteiger charge is 2.16. The summed E-state index contributed by atoms with van der Waals surface area (Å²) in [5.74, 6) is 0.879. The molecule has 6 heteroatoms. The second kappa shape index (κ2) is 9.71. The summed E-state index contributed by atoms with van der Waals surface area (Å²) in [6.07, 6.45) is 10.5. The van der Waals surface area contributed by atoms with Gasteiger partial charge in [-0.3, -0.25) is 10.3 Å². The Kier molecular flexibility index (Phi) is 6.17. The molecule has 0 amide bonds. The van der Waals surface area contributed by atoms with Gasteiger partial charge >= 0.3 is 0 Å². The number of aromatic amines is 1. The number of pyridine rings is 1. The van der Waals surface area contributed by atoms with Gasteiger partial charge in [0.2, 0.25) is 0 Å². The van der Waals surface area contributed by atoms with Crippen LogP contribution in [0, 0.1) is 0 Å². The highest BCUT2D eigenvalue weighted by Crippen LogP contribution is 2.25. The normalized spacial score (nSPS) is 15.6. The van der Waals surface area contributed by atoms with Gasteiger partial charge in [0.25, 0.3) is 0 Å². The fourth-order valence-corrected chi connectivity index (χ4v) is 3.95. The summed E-state index contributed by atoms with van der Waals surface area (Å²) in [5.41, 5.74) is 5.57. The van der Waals surface area contributed by atoms with Crippen molar-refractivity contribution in [3.63, 3.8) is 0 Å². The van der Waals surface area contributed by atoms with Gasteiger partial charge in [-0.05, 0) is 54.0 Å². The summed E-state index contributed by atoms with van der Waals surface area (Å²) in [4.78, 5) is 14.4. The molecule has 0 radical (unpaired) electrons. The maximum absolute atomic E-state index is 6.03. The number of aliphatic imine (C=N–C) groups is 1. The van der Waals surface area contributed by atoms with Crippen LogP contribution in [0.2, 0.25) is 0 Å². The Morgan fingerprint density at radius 3 is 2.76 bits per heavy atom. The Bertz CT molecular complexity index is 1260. The minimum Gasteiger partial charge on any atom is -0.489 e. The van der Waals surface area contributed by atoms with E-state index in [1.165, 1.54) is 10.9 Å². The summed E-state index contributed by atoms with van der Waals surface area (Å²) in [6, 6.07) is 20.4. The lowest BCUT2D eigenvalue weighted by atomic mass is 10.1. The van der Waals surface area contributed by atoms with Crippen molar-refractivity contribution in [1.82, 2.24) is 20.2 Å². The molecular formula is C27H27N5O. The van der Waals surface area contributed by atoms with E-state index in [1.54, 1.807) is 12.4 Å². The molecule has 4 aromatic rings. The SMILES string of the molecule is CN1C=CC(c2ccncc2)=NC1NCCc1c[nH]c2ccc(OCc3ccccc3)cc12. The number of nitrogens with one attached hydrogen (secondary N) is 2. The van der Waals surface area contributed by atoms with Crippen LogP contribution >= 0.6 is 0 Å². The van der Waals surface area contributed by atoms with Crippen molar-refractivity contribution >= 4 is 16.6 Å². The number of aromatic nitrogens is 2. The van der Waals surface area contributed by atoms with Crippen molar-refractivity contribution in [3.8, 4) is 5.75 Å². The highest BCUT2D eigenvalue weighted by molar-refractivity contribution is 6.09. The molecule has 0 spiro atoms. The fourth-order valence-electron chi connectivity index (χ4n) is 3.95. The summed E-state index contributed by atoms with van der Waals surface area (Å²) < 4.78 is 6.03. The summed E-state index contributed by atoms with van der Waals surface area (Å²) in [6.45, 7) is 1.37. The van der Waals surface area contributed by atoms with E-state index in [9.17, 15) is 0 Å². The molecule has 0 saturated heterocycles. The van der Waals surface area contributed by atoms with E-state index in [4.69, 9.17) is 9.73 Å². The van der Waals surface area contributed by atoms with Crippen LogP contribution in [0.5, 0.6) is 5.75 Å². The standard InChI is InChI=1S/C27H27N5O/c1-32-16-12-25(21-9-13-28-14-10-21)31-27(32)29-15-11-22-18-30-26-8-7-23(17-24(22)26)33-19-20-5-3-2-4-6-20/h2-10,12-14,16-18,27,29-30H,11,15,19H2,1H3. The van der Waals surface area contributed by atoms with Gasteiger partial charge in [0.05, 0.1) is 5.71 Å². The molecule has 6 nitrogen and oxygen atoms in total. The largest absolute Gasteiger partial charge is 0.489 e. The topological polar surface area (TPSA) is 65.5 Å². The molecule has 1 aliphatic rings. The predicted octanol–water partition coefficient (Wildman–Crippen LogP) is 4.51. The summed E-state index contributed by atoms with van der Waals surface area (Å²) in [7, 11) is 2.03. The van der Waals surface area contributed by atoms with E-state index in [2.05, 4.69) is 56.8 Å². The molecule has 33 heavy (non-hydrogen) atoms. The molecule has 1 aliphatic heterocycles. The average molecular weight is 438 g/mol. The van der Waals surface area contributed by atoms with Crippen molar-refractivity contribution in [2.45, 2.75) is 19.3 Å². The molecule has 166 valence electrons. The number of nitrogens with zero attached hydrogens (tertiary/aromatic N) is 3. The number of hydrogen-bond donors (Lipinski definition) is 2. The third-order valence-corrected chi connectivity index (χ3v) is 5.80. The molecule has 0 fully saturated rings. The van der Waals surface area contributed by atoms with Crippen molar-refractivity contribution < 1.29 is 4.74 Å². The van der Waals surface area contributed by atoms with Crippen molar-refractivity contribution in [1.29, 1.82) is 0 Å². The first-order valence-corrected chi connectivity index (χ1v) is 11.1. The maximum Gasteiger partial charge on any atom is 0.176 e. The van der Waals surface area contributed by atoms with Crippen molar-refractivity contribution in [2.24, 2.45) is 4.99 Å². The average Bonchev–Trinajstić information content (AvgIpc) is 3.27. The zero-order valence-electron chi connectivity index (χ0n) is 18.6. The lowest BCUT2D eigenvalue weighted by Gasteiger charge is -2.28. The molecule has 0 bridgehead atoms. The minimum atomic E-state index is -0.104. The molecule has 1 atom stereocenters. The van der Waals surface area contributed by atoms with E-state index >= 15 is 0 Å². The Hall–Kier alpha value is -3.90. The number of allylic oxidation sites excluding steroid dienone is 1. The highest BCUT2D eigenvalue weighted by atomic mass is 16.5. The first-order chi connectivity index (χ1) is 16.3. The van der Waals surface area contributed by atoms with Crippen LogP contribution in [0.1, 0.15) is 16.7 Å². The number of benzene rings is 2. The van der Waals surface area contributed by atoms with Crippen LogP contribution in [0.4, 0.5) is 0 Å². The van der Waals surface area contributed by atoms with Gasteiger partial charge in [-0.15, -0.1) is 0 Å². The molecule has 0 saturated carbocycles. The van der Waals surface area contributed by atoms with Crippen LogP contribution in [-0.2, 0) is 13.0 Å². The monoisotopic (exact) mass is 437 g/mol. The van der Waals surface area contributed by atoms with Crippen LogP contribution in [-0.4, -0.2) is 40.5 Å². The number of fused-ring (bicyclic) bond motifs is 1. The fraction of sp³-hybridized carbons (Fsp3) is 0.185. The smallest absolute Gasteiger partial charge is 0.176 e. The van der Waals surface area contributed by atoms with Gasteiger partial charge in [0.15, 0.2) is 6.29 Å². The third kappa shape index (κ3) is 4.96. The van der Waals surface area contributed by atoms with Crippen LogP contribution in [0.25, 0.3) is 10.9 Å². The Morgan fingerprint density at radius 2 is 1.91 bits per heavy atom. The number of rotatable bonds is 8. The Balaban J connectivity index is 1.23. The van der Waals surface area contributed by atoms with Gasteiger partial charge in [-0.25, -0.2) is 4.99 Å². The van der Waals surface area contributed by atoms with Crippen LogP contribution in [0.15, 0.2) is 96.5 Å². The van der Waals surface area contributed by atoms with Gasteiger partial charge in [0, 0.05) is 54.8 Å². The molecule has 1 unspecified atom stereocenters. The van der Waals surface area contributed by atoms with Gasteiger partial charge < -0.3 is 14.6 Å². The Morgan fingerprint density at radius 1 is 1.06 bits per heavy atom. The first kappa shape index (κ1) is 21.0. The molecule has 2 aromatic heterocycles. The third-order valence-electron chi connectivity index (χ3n) is 5.80. The lowest BCUT2D eigenvalue weighted by molar-refractivity contribution is 0.283. The number of hydrogen-bond acceptors (Lipinski definition) is 5. The van der Waals surface area contributed by atoms with E-state index in [0.717, 1.165) is 41.1 Å². The predicted molar refractivity (Wildman–Crippen MR) is 132 cm³/mol. The molecule has 3 heterocycles. The molecule has 2 aromatic carbocycles. The van der Waals surface area contributed by atoms with E-state index in [1.807, 2.05) is 49.5 Å². The second-order valence-corrected chi connectivity index (χ2v) is 8.10. The zero-order valence-corrected chi connectivity index (χ0v) is 18.6. The molecule has 2 N–H and O–H groups in total.